The molecule has 2 aromatic rings. The maximum absolute atomic E-state index is 12.8. The minimum atomic E-state index is -0.193. The topological polar surface area (TPSA) is 24.9 Å². The molecule has 1 aromatic carbocycles. The maximum atomic E-state index is 12.8. The molecule has 3 heteroatoms. The van der Waals surface area contributed by atoms with Crippen LogP contribution in [0, 0.1) is 5.82 Å². The van der Waals surface area contributed by atoms with Gasteiger partial charge in [0.25, 0.3) is 0 Å². The Hall–Kier alpha value is -1.90. The molecular formula is C17H21FN2. The van der Waals surface area contributed by atoms with Gasteiger partial charge in [-0.15, -0.1) is 0 Å². The van der Waals surface area contributed by atoms with Gasteiger partial charge in [-0.2, -0.15) is 0 Å². The van der Waals surface area contributed by atoms with Gasteiger partial charge in [-0.1, -0.05) is 39.0 Å². The van der Waals surface area contributed by atoms with Gasteiger partial charge in [-0.25, -0.2) is 9.37 Å². The van der Waals surface area contributed by atoms with Gasteiger partial charge in [0.2, 0.25) is 0 Å². The summed E-state index contributed by atoms with van der Waals surface area (Å²) in [7, 11) is 0. The molecule has 0 fully saturated rings. The van der Waals surface area contributed by atoms with Crippen LogP contribution in [-0.2, 0) is 11.8 Å². The number of pyridine rings is 1. The average Bonchev–Trinajstić information content (AvgIpc) is 2.41. The lowest BCUT2D eigenvalue weighted by atomic mass is 9.88. The summed E-state index contributed by atoms with van der Waals surface area (Å²) < 4.78 is 12.8. The third kappa shape index (κ3) is 4.05. The molecule has 0 bridgehead atoms. The standard InChI is InChI=1S/C17H21FN2/c1-17(2,3)14-6-9-16(20-12-14)19-11-10-13-4-7-15(18)8-5-13/h4-9,12H,10-11H2,1-3H3,(H,19,20). The third-order valence-electron chi connectivity index (χ3n) is 3.26. The van der Waals surface area contributed by atoms with Crippen LogP contribution < -0.4 is 5.32 Å². The number of halogens is 1. The molecule has 1 aromatic heterocycles. The van der Waals surface area contributed by atoms with Crippen LogP contribution in [0.4, 0.5) is 10.2 Å². The van der Waals surface area contributed by atoms with Gasteiger partial charge in [0.05, 0.1) is 0 Å². The van der Waals surface area contributed by atoms with E-state index in [2.05, 4.69) is 37.1 Å². The summed E-state index contributed by atoms with van der Waals surface area (Å²) in [5, 5.41) is 3.28. The Kier molecular flexibility index (Phi) is 4.38. The van der Waals surface area contributed by atoms with Crippen LogP contribution in [0.5, 0.6) is 0 Å². The molecule has 0 saturated carbocycles. The van der Waals surface area contributed by atoms with Crippen molar-refractivity contribution < 1.29 is 4.39 Å². The van der Waals surface area contributed by atoms with Crippen molar-refractivity contribution >= 4 is 5.82 Å². The van der Waals surface area contributed by atoms with Crippen molar-refractivity contribution in [3.63, 3.8) is 0 Å². The molecule has 0 aliphatic heterocycles. The molecule has 1 N–H and O–H groups in total. The van der Waals surface area contributed by atoms with Crippen molar-refractivity contribution in [2.45, 2.75) is 32.6 Å². The third-order valence-corrected chi connectivity index (χ3v) is 3.26. The highest BCUT2D eigenvalue weighted by molar-refractivity contribution is 5.37. The van der Waals surface area contributed by atoms with Crippen molar-refractivity contribution in [1.29, 1.82) is 0 Å². The smallest absolute Gasteiger partial charge is 0.125 e. The number of nitrogens with zero attached hydrogens (tertiary/aromatic N) is 1. The largest absolute Gasteiger partial charge is 0.370 e. The molecule has 0 unspecified atom stereocenters. The zero-order valence-electron chi connectivity index (χ0n) is 12.3. The van der Waals surface area contributed by atoms with Gasteiger partial charge < -0.3 is 5.32 Å². The monoisotopic (exact) mass is 272 g/mol. The highest BCUT2D eigenvalue weighted by Crippen LogP contribution is 2.21. The molecule has 20 heavy (non-hydrogen) atoms. The molecule has 0 aliphatic carbocycles. The average molecular weight is 272 g/mol. The molecule has 106 valence electrons. The van der Waals surface area contributed by atoms with E-state index in [-0.39, 0.29) is 11.2 Å². The summed E-state index contributed by atoms with van der Waals surface area (Å²) in [4.78, 5) is 4.42. The number of aromatic nitrogens is 1. The first-order valence-electron chi connectivity index (χ1n) is 6.90. The van der Waals surface area contributed by atoms with E-state index < -0.39 is 0 Å². The number of hydrogen-bond donors (Lipinski definition) is 1. The second-order valence-corrected chi connectivity index (χ2v) is 5.99. The highest BCUT2D eigenvalue weighted by Gasteiger charge is 2.13. The summed E-state index contributed by atoms with van der Waals surface area (Å²) in [5.74, 6) is 0.682. The second-order valence-electron chi connectivity index (χ2n) is 5.99. The van der Waals surface area contributed by atoms with E-state index in [1.54, 1.807) is 0 Å². The molecule has 1 heterocycles. The summed E-state index contributed by atoms with van der Waals surface area (Å²) in [5.41, 5.74) is 2.46. The zero-order valence-corrected chi connectivity index (χ0v) is 12.3. The van der Waals surface area contributed by atoms with Crippen molar-refractivity contribution in [3.05, 3.63) is 59.5 Å². The number of anilines is 1. The molecule has 0 amide bonds. The van der Waals surface area contributed by atoms with Crippen LogP contribution in [0.2, 0.25) is 0 Å². The predicted octanol–water partition coefficient (Wildman–Crippen LogP) is 4.17. The Bertz CT molecular complexity index is 539. The summed E-state index contributed by atoms with van der Waals surface area (Å²) >= 11 is 0. The zero-order chi connectivity index (χ0) is 14.6. The molecular weight excluding hydrogens is 251 g/mol. The Balaban J connectivity index is 1.87. The Morgan fingerprint density at radius 1 is 1.05 bits per heavy atom. The van der Waals surface area contributed by atoms with Crippen LogP contribution >= 0.6 is 0 Å². The number of hydrogen-bond acceptors (Lipinski definition) is 2. The van der Waals surface area contributed by atoms with E-state index in [9.17, 15) is 4.39 Å². The lowest BCUT2D eigenvalue weighted by Gasteiger charge is -2.18. The molecule has 0 radical (unpaired) electrons. The van der Waals surface area contributed by atoms with Crippen molar-refractivity contribution in [1.82, 2.24) is 4.98 Å². The van der Waals surface area contributed by atoms with E-state index >= 15 is 0 Å². The van der Waals surface area contributed by atoms with Gasteiger partial charge in [0, 0.05) is 12.7 Å². The molecule has 2 nitrogen and oxygen atoms in total. The lowest BCUT2D eigenvalue weighted by molar-refractivity contribution is 0.587. The van der Waals surface area contributed by atoms with Crippen LogP contribution in [-0.4, -0.2) is 11.5 Å². The fraction of sp³-hybridized carbons (Fsp3) is 0.353. The first kappa shape index (κ1) is 14.5. The normalized spacial score (nSPS) is 11.4. The summed E-state index contributed by atoms with van der Waals surface area (Å²) in [6.45, 7) is 7.30. The van der Waals surface area contributed by atoms with Gasteiger partial charge in [0.1, 0.15) is 11.6 Å². The van der Waals surface area contributed by atoms with Crippen LogP contribution in [0.15, 0.2) is 42.6 Å². The Morgan fingerprint density at radius 2 is 1.75 bits per heavy atom. The summed E-state index contributed by atoms with van der Waals surface area (Å²) in [6, 6.07) is 10.7. The fourth-order valence-corrected chi connectivity index (χ4v) is 1.93. The quantitative estimate of drug-likeness (QED) is 0.903. The molecule has 0 aliphatic rings. The van der Waals surface area contributed by atoms with Crippen LogP contribution in [0.3, 0.4) is 0 Å². The van der Waals surface area contributed by atoms with Crippen LogP contribution in [0.25, 0.3) is 0 Å². The number of rotatable bonds is 4. The van der Waals surface area contributed by atoms with Crippen molar-refractivity contribution in [2.24, 2.45) is 0 Å². The van der Waals surface area contributed by atoms with Gasteiger partial charge >= 0.3 is 0 Å². The van der Waals surface area contributed by atoms with Crippen molar-refractivity contribution in [2.75, 3.05) is 11.9 Å². The molecule has 0 saturated heterocycles. The van der Waals surface area contributed by atoms with Gasteiger partial charge in [-0.3, -0.25) is 0 Å². The fourth-order valence-electron chi connectivity index (χ4n) is 1.93. The van der Waals surface area contributed by atoms with Gasteiger partial charge in [-0.05, 0) is 41.2 Å². The molecule has 0 atom stereocenters. The lowest BCUT2D eigenvalue weighted by Crippen LogP contribution is -2.12. The second kappa shape index (κ2) is 6.04. The minimum absolute atomic E-state index is 0.125. The van der Waals surface area contributed by atoms with Crippen LogP contribution in [0.1, 0.15) is 31.9 Å². The Morgan fingerprint density at radius 3 is 2.30 bits per heavy atom. The van der Waals surface area contributed by atoms with E-state index in [0.29, 0.717) is 0 Å². The first-order valence-corrected chi connectivity index (χ1v) is 6.90. The van der Waals surface area contributed by atoms with E-state index in [4.69, 9.17) is 0 Å². The molecule has 0 spiro atoms. The predicted molar refractivity (Wildman–Crippen MR) is 81.5 cm³/mol. The van der Waals surface area contributed by atoms with Crippen molar-refractivity contribution in [3.8, 4) is 0 Å². The first-order chi connectivity index (χ1) is 9.45. The SMILES string of the molecule is CC(C)(C)c1ccc(NCCc2ccc(F)cc2)nc1. The highest BCUT2D eigenvalue weighted by atomic mass is 19.1. The molecule has 2 rings (SSSR count). The number of nitrogens with one attached hydrogen (secondary N) is 1. The van der Waals surface area contributed by atoms with E-state index in [1.807, 2.05) is 24.4 Å². The van der Waals surface area contributed by atoms with E-state index in [1.165, 1.54) is 17.7 Å². The van der Waals surface area contributed by atoms with E-state index in [0.717, 1.165) is 24.3 Å². The summed E-state index contributed by atoms with van der Waals surface area (Å²) in [6.07, 6.45) is 2.77. The minimum Gasteiger partial charge on any atom is -0.370 e. The maximum Gasteiger partial charge on any atom is 0.125 e. The number of benzene rings is 1. The Labute approximate surface area is 120 Å². The van der Waals surface area contributed by atoms with Gasteiger partial charge in [0.15, 0.2) is 0 Å².